The highest BCUT2D eigenvalue weighted by atomic mass is 16.5. The summed E-state index contributed by atoms with van der Waals surface area (Å²) in [7, 11) is 0. The molecular formula is C15H24N2O3. The van der Waals surface area contributed by atoms with Gasteiger partial charge in [0.1, 0.15) is 11.5 Å². The van der Waals surface area contributed by atoms with Crippen molar-refractivity contribution >= 4 is 6.03 Å². The van der Waals surface area contributed by atoms with Crippen LogP contribution in [-0.4, -0.2) is 35.4 Å². The highest BCUT2D eigenvalue weighted by molar-refractivity contribution is 5.74. The molecule has 0 saturated heterocycles. The molecule has 0 heterocycles. The number of nitrogens with zero attached hydrogens (tertiary/aromatic N) is 1. The van der Waals surface area contributed by atoms with Gasteiger partial charge in [0, 0.05) is 13.1 Å². The van der Waals surface area contributed by atoms with Crippen molar-refractivity contribution in [1.29, 1.82) is 0 Å². The molecule has 5 nitrogen and oxygen atoms in total. The van der Waals surface area contributed by atoms with Crippen molar-refractivity contribution in [3.8, 4) is 11.5 Å². The molecule has 1 unspecified atom stereocenters. The molecule has 0 bridgehead atoms. The number of rotatable bonds is 7. The van der Waals surface area contributed by atoms with E-state index in [4.69, 9.17) is 4.74 Å². The SMILES string of the molecule is CCCN(CCC)C(=O)NC(C)Oc1ccc(O)cc1. The number of hydrogen-bond acceptors (Lipinski definition) is 3. The van der Waals surface area contributed by atoms with Gasteiger partial charge in [0.25, 0.3) is 0 Å². The van der Waals surface area contributed by atoms with Gasteiger partial charge in [0.05, 0.1) is 0 Å². The maximum absolute atomic E-state index is 12.1. The fourth-order valence-corrected chi connectivity index (χ4v) is 1.88. The number of benzene rings is 1. The van der Waals surface area contributed by atoms with E-state index in [-0.39, 0.29) is 11.8 Å². The van der Waals surface area contributed by atoms with Crippen LogP contribution in [0.25, 0.3) is 0 Å². The van der Waals surface area contributed by atoms with E-state index in [0.29, 0.717) is 5.75 Å². The monoisotopic (exact) mass is 280 g/mol. The molecule has 2 N–H and O–H groups in total. The Hall–Kier alpha value is -1.91. The first-order chi connectivity index (χ1) is 9.56. The smallest absolute Gasteiger partial charge is 0.320 e. The molecule has 0 aliphatic heterocycles. The van der Waals surface area contributed by atoms with E-state index < -0.39 is 6.23 Å². The minimum absolute atomic E-state index is 0.111. The summed E-state index contributed by atoms with van der Waals surface area (Å²) in [6, 6.07) is 6.30. The first kappa shape index (κ1) is 16.1. The highest BCUT2D eigenvalue weighted by Crippen LogP contribution is 2.16. The first-order valence-corrected chi connectivity index (χ1v) is 7.08. The number of urea groups is 1. The second kappa shape index (κ2) is 8.30. The summed E-state index contributed by atoms with van der Waals surface area (Å²) in [5.74, 6) is 0.791. The molecule has 0 aromatic heterocycles. The number of hydrogen-bond donors (Lipinski definition) is 2. The molecule has 5 heteroatoms. The quantitative estimate of drug-likeness (QED) is 0.755. The van der Waals surface area contributed by atoms with Crippen molar-refractivity contribution < 1.29 is 14.6 Å². The Labute approximate surface area is 120 Å². The molecule has 0 aliphatic carbocycles. The third kappa shape index (κ3) is 5.38. The maximum atomic E-state index is 12.1. The number of nitrogens with one attached hydrogen (secondary N) is 1. The van der Waals surface area contributed by atoms with Crippen molar-refractivity contribution in [3.63, 3.8) is 0 Å². The molecule has 1 rings (SSSR count). The second-order valence-electron chi connectivity index (χ2n) is 4.69. The number of aromatic hydroxyl groups is 1. The Morgan fingerprint density at radius 1 is 1.25 bits per heavy atom. The van der Waals surface area contributed by atoms with Crippen LogP contribution in [0.3, 0.4) is 0 Å². The summed E-state index contributed by atoms with van der Waals surface area (Å²) in [4.78, 5) is 13.9. The Kier molecular flexibility index (Phi) is 6.70. The molecule has 1 atom stereocenters. The molecule has 1 aromatic rings. The van der Waals surface area contributed by atoms with Gasteiger partial charge in [0.15, 0.2) is 6.23 Å². The lowest BCUT2D eigenvalue weighted by molar-refractivity contribution is 0.153. The predicted molar refractivity (Wildman–Crippen MR) is 78.9 cm³/mol. The van der Waals surface area contributed by atoms with Crippen LogP contribution >= 0.6 is 0 Å². The number of phenols is 1. The van der Waals surface area contributed by atoms with E-state index >= 15 is 0 Å². The number of ether oxygens (including phenoxy) is 1. The molecule has 0 aliphatic rings. The van der Waals surface area contributed by atoms with Gasteiger partial charge in [-0.05, 0) is 44.0 Å². The average Bonchev–Trinajstić information content (AvgIpc) is 2.41. The molecule has 112 valence electrons. The summed E-state index contributed by atoms with van der Waals surface area (Å²) in [6.45, 7) is 7.36. The van der Waals surface area contributed by atoms with Crippen molar-refractivity contribution in [2.45, 2.75) is 39.8 Å². The van der Waals surface area contributed by atoms with Gasteiger partial charge >= 0.3 is 6.03 Å². The summed E-state index contributed by atoms with van der Waals surface area (Å²) >= 11 is 0. The van der Waals surface area contributed by atoms with Gasteiger partial charge in [-0.25, -0.2) is 4.79 Å². The number of carbonyl (C=O) groups excluding carboxylic acids is 1. The van der Waals surface area contributed by atoms with Gasteiger partial charge in [0.2, 0.25) is 0 Å². The van der Waals surface area contributed by atoms with Crippen molar-refractivity contribution in [1.82, 2.24) is 10.2 Å². The first-order valence-electron chi connectivity index (χ1n) is 7.08. The van der Waals surface area contributed by atoms with Gasteiger partial charge < -0.3 is 20.1 Å². The van der Waals surface area contributed by atoms with E-state index in [9.17, 15) is 9.90 Å². The maximum Gasteiger partial charge on any atom is 0.320 e. The van der Waals surface area contributed by atoms with E-state index in [1.807, 2.05) is 13.8 Å². The highest BCUT2D eigenvalue weighted by Gasteiger charge is 2.14. The van der Waals surface area contributed by atoms with Crippen LogP contribution < -0.4 is 10.1 Å². The zero-order valence-corrected chi connectivity index (χ0v) is 12.4. The normalized spacial score (nSPS) is 11.8. The van der Waals surface area contributed by atoms with Gasteiger partial charge in [-0.1, -0.05) is 13.8 Å². The van der Waals surface area contributed by atoms with Crippen molar-refractivity contribution in [2.24, 2.45) is 0 Å². The lowest BCUT2D eigenvalue weighted by Gasteiger charge is -2.24. The van der Waals surface area contributed by atoms with Gasteiger partial charge in [-0.2, -0.15) is 0 Å². The Bertz CT molecular complexity index is 400. The molecule has 0 spiro atoms. The standard InChI is InChI=1S/C15H24N2O3/c1-4-10-17(11-5-2)15(19)16-12(3)20-14-8-6-13(18)7-9-14/h6-9,12,18H,4-5,10-11H2,1-3H3,(H,16,19). The minimum Gasteiger partial charge on any atom is -0.508 e. The average molecular weight is 280 g/mol. The molecule has 2 amide bonds. The van der Waals surface area contributed by atoms with E-state index in [1.165, 1.54) is 0 Å². The van der Waals surface area contributed by atoms with Crippen LogP contribution in [0.2, 0.25) is 0 Å². The lowest BCUT2D eigenvalue weighted by Crippen LogP contribution is -2.46. The van der Waals surface area contributed by atoms with Crippen LogP contribution in [0.4, 0.5) is 4.79 Å². The summed E-state index contributed by atoms with van der Waals surface area (Å²) < 4.78 is 5.58. The number of amides is 2. The number of phenolic OH excluding ortho intramolecular Hbond substituents is 1. The zero-order valence-electron chi connectivity index (χ0n) is 12.4. The fourth-order valence-electron chi connectivity index (χ4n) is 1.88. The summed E-state index contributed by atoms with van der Waals surface area (Å²) in [6.07, 6.45) is 1.43. The Morgan fingerprint density at radius 2 is 1.80 bits per heavy atom. The minimum atomic E-state index is -0.428. The van der Waals surface area contributed by atoms with E-state index in [0.717, 1.165) is 25.9 Å². The largest absolute Gasteiger partial charge is 0.508 e. The zero-order chi connectivity index (χ0) is 15.0. The molecule has 0 fully saturated rings. The molecule has 0 radical (unpaired) electrons. The second-order valence-corrected chi connectivity index (χ2v) is 4.69. The Balaban J connectivity index is 2.49. The predicted octanol–water partition coefficient (Wildman–Crippen LogP) is 2.95. The molecule has 20 heavy (non-hydrogen) atoms. The van der Waals surface area contributed by atoms with Crippen molar-refractivity contribution in [3.05, 3.63) is 24.3 Å². The summed E-state index contributed by atoms with van der Waals surface area (Å²) in [5, 5.41) is 12.0. The topological polar surface area (TPSA) is 61.8 Å². The molecular weight excluding hydrogens is 256 g/mol. The lowest BCUT2D eigenvalue weighted by atomic mass is 10.3. The molecule has 1 aromatic carbocycles. The van der Waals surface area contributed by atoms with Crippen LogP contribution in [0.1, 0.15) is 33.6 Å². The fraction of sp³-hybridized carbons (Fsp3) is 0.533. The third-order valence-corrected chi connectivity index (χ3v) is 2.75. The van der Waals surface area contributed by atoms with Gasteiger partial charge in [-0.15, -0.1) is 0 Å². The van der Waals surface area contributed by atoms with E-state index in [1.54, 1.807) is 36.1 Å². The van der Waals surface area contributed by atoms with Crippen LogP contribution in [0.5, 0.6) is 11.5 Å². The van der Waals surface area contributed by atoms with Gasteiger partial charge in [-0.3, -0.25) is 0 Å². The number of carbonyl (C=O) groups is 1. The van der Waals surface area contributed by atoms with Crippen LogP contribution in [0, 0.1) is 0 Å². The summed E-state index contributed by atoms with van der Waals surface area (Å²) in [5.41, 5.74) is 0. The van der Waals surface area contributed by atoms with Crippen molar-refractivity contribution in [2.75, 3.05) is 13.1 Å². The van der Waals surface area contributed by atoms with Crippen LogP contribution in [-0.2, 0) is 0 Å². The van der Waals surface area contributed by atoms with E-state index in [2.05, 4.69) is 5.32 Å². The Morgan fingerprint density at radius 3 is 2.30 bits per heavy atom. The van der Waals surface area contributed by atoms with Crippen LogP contribution in [0.15, 0.2) is 24.3 Å². The molecule has 0 saturated carbocycles. The third-order valence-electron chi connectivity index (χ3n) is 2.75.